The second-order valence-electron chi connectivity index (χ2n) is 12.0. The lowest BCUT2D eigenvalue weighted by Gasteiger charge is -2.63. The van der Waals surface area contributed by atoms with Gasteiger partial charge in [-0.3, -0.25) is 0 Å². The molecule has 0 N–H and O–H groups in total. The molecule has 2 aliphatic heterocycles. The van der Waals surface area contributed by atoms with E-state index in [9.17, 15) is 9.59 Å². The molecule has 7 aliphatic rings. The van der Waals surface area contributed by atoms with Gasteiger partial charge in [-0.05, 0) is 61.7 Å². The van der Waals surface area contributed by atoms with Gasteiger partial charge in [0, 0.05) is 17.4 Å². The quantitative estimate of drug-likeness (QED) is 0.649. The van der Waals surface area contributed by atoms with Crippen LogP contribution in [0.4, 0.5) is 0 Å². The molecule has 30 heavy (non-hydrogen) atoms. The van der Waals surface area contributed by atoms with E-state index in [4.69, 9.17) is 0 Å². The topological polar surface area (TPSA) is 48.9 Å². The van der Waals surface area contributed by atoms with Gasteiger partial charge in [0.2, 0.25) is 0 Å². The predicted octanol–water partition coefficient (Wildman–Crippen LogP) is 4.37. The van der Waals surface area contributed by atoms with Crippen LogP contribution >= 0.6 is 0 Å². The van der Waals surface area contributed by atoms with Crippen LogP contribution in [0.15, 0.2) is 32.9 Å². The van der Waals surface area contributed by atoms with E-state index in [2.05, 4.69) is 39.8 Å². The smallest absolute Gasteiger partial charge is 0.246 e. The van der Waals surface area contributed by atoms with Gasteiger partial charge in [0.1, 0.15) is 0 Å². The van der Waals surface area contributed by atoms with Crippen LogP contribution in [0.5, 0.6) is 0 Å². The van der Waals surface area contributed by atoms with Crippen molar-refractivity contribution in [1.29, 1.82) is 0 Å². The maximum Gasteiger partial charge on any atom is 0.348 e. The van der Waals surface area contributed by atoms with Gasteiger partial charge in [-0.2, -0.15) is 0 Å². The maximum atomic E-state index is 13.9. The average molecular weight is 408 g/mol. The molecule has 0 saturated heterocycles. The summed E-state index contributed by atoms with van der Waals surface area (Å²) in [6.07, 6.45) is 12.7. The SMILES string of the molecule is CC1(C)[C@@H]2CC[C@]1(C)[C@H](n1c(=O)n3n(c1=O)[C@@H]1C=C[C@@H]3[C@@H]3C4=C(CCCC4)[C@@]31C)C2. The van der Waals surface area contributed by atoms with E-state index >= 15 is 0 Å². The predicted molar refractivity (Wildman–Crippen MR) is 116 cm³/mol. The minimum absolute atomic E-state index is 0.00907. The highest BCUT2D eigenvalue weighted by Gasteiger charge is 2.65. The van der Waals surface area contributed by atoms with Crippen LogP contribution in [0, 0.1) is 28.1 Å². The monoisotopic (exact) mass is 407 g/mol. The van der Waals surface area contributed by atoms with Gasteiger partial charge >= 0.3 is 11.4 Å². The molecule has 4 bridgehead atoms. The summed E-state index contributed by atoms with van der Waals surface area (Å²) >= 11 is 0. The standard InChI is InChI=1S/C25H33N3O2/c1-23(2)14-11-12-24(23,3)19(13-14)26-21(29)27-17-9-10-18(28(27)22(26)30)25(4)16-8-6-5-7-15(16)20(17)25/h9-10,14,17-20H,5-8,11-13H2,1-4H3/t14-,17-,18-,19-,20+,24-,25-/m1/s1. The van der Waals surface area contributed by atoms with E-state index in [1.807, 2.05) is 9.36 Å². The minimum atomic E-state index is -0.0570. The second-order valence-corrected chi connectivity index (χ2v) is 12.0. The molecule has 1 aromatic heterocycles. The Bertz CT molecular complexity index is 1180. The largest absolute Gasteiger partial charge is 0.348 e. The molecule has 2 fully saturated rings. The summed E-state index contributed by atoms with van der Waals surface area (Å²) in [5, 5.41) is 0. The molecule has 0 unspecified atom stereocenters. The zero-order valence-corrected chi connectivity index (χ0v) is 18.6. The normalized spacial score (nSPS) is 46.6. The van der Waals surface area contributed by atoms with Gasteiger partial charge in [-0.15, -0.1) is 0 Å². The summed E-state index contributed by atoms with van der Waals surface area (Å²) in [5.41, 5.74) is 3.32. The molecule has 0 spiro atoms. The minimum Gasteiger partial charge on any atom is -0.246 e. The molecule has 5 heteroatoms. The van der Waals surface area contributed by atoms with E-state index in [1.54, 1.807) is 15.7 Å². The number of aromatic nitrogens is 3. The molecule has 0 radical (unpaired) electrons. The summed E-state index contributed by atoms with van der Waals surface area (Å²) in [7, 11) is 0. The van der Waals surface area contributed by atoms with Crippen LogP contribution in [0.2, 0.25) is 0 Å². The van der Waals surface area contributed by atoms with Crippen LogP contribution in [0.1, 0.15) is 90.8 Å². The number of allylic oxidation sites excluding steroid dienone is 4. The van der Waals surface area contributed by atoms with Crippen molar-refractivity contribution in [2.24, 2.45) is 28.1 Å². The second kappa shape index (κ2) is 4.99. The van der Waals surface area contributed by atoms with Crippen LogP contribution in [0.25, 0.3) is 0 Å². The number of hydrogen-bond acceptors (Lipinski definition) is 2. The summed E-state index contributed by atoms with van der Waals surface area (Å²) in [6, 6.07) is 0.0345. The van der Waals surface area contributed by atoms with Crippen molar-refractivity contribution in [1.82, 2.24) is 13.9 Å². The van der Waals surface area contributed by atoms with Crippen molar-refractivity contribution in [3.8, 4) is 0 Å². The third-order valence-corrected chi connectivity index (χ3v) is 11.3. The summed E-state index contributed by atoms with van der Waals surface area (Å²) in [5.74, 6) is 1.01. The van der Waals surface area contributed by atoms with Gasteiger partial charge in [-0.1, -0.05) is 51.0 Å². The highest BCUT2D eigenvalue weighted by Crippen LogP contribution is 2.70. The molecule has 0 amide bonds. The molecular formula is C25H33N3O2. The van der Waals surface area contributed by atoms with Crippen LogP contribution in [-0.2, 0) is 0 Å². The third-order valence-electron chi connectivity index (χ3n) is 11.3. The molecule has 0 aromatic carbocycles. The fraction of sp³-hybridized carbons (Fsp3) is 0.760. The molecule has 5 nitrogen and oxygen atoms in total. The fourth-order valence-electron chi connectivity index (χ4n) is 9.20. The Hall–Kier alpha value is -1.78. The molecule has 2 saturated carbocycles. The maximum absolute atomic E-state index is 13.9. The number of rotatable bonds is 1. The van der Waals surface area contributed by atoms with Gasteiger partial charge < -0.3 is 0 Å². The van der Waals surface area contributed by atoms with Crippen molar-refractivity contribution < 1.29 is 0 Å². The van der Waals surface area contributed by atoms with E-state index in [-0.39, 0.29) is 45.7 Å². The Morgan fingerprint density at radius 2 is 1.70 bits per heavy atom. The highest BCUT2D eigenvalue weighted by atomic mass is 16.2. The molecule has 160 valence electrons. The van der Waals surface area contributed by atoms with Gasteiger partial charge in [0.15, 0.2) is 0 Å². The van der Waals surface area contributed by atoms with Gasteiger partial charge in [0.25, 0.3) is 0 Å². The van der Waals surface area contributed by atoms with Crippen molar-refractivity contribution in [2.75, 3.05) is 0 Å². The first-order valence-corrected chi connectivity index (χ1v) is 12.1. The lowest BCUT2D eigenvalue weighted by atomic mass is 9.46. The van der Waals surface area contributed by atoms with Crippen molar-refractivity contribution >= 4 is 0 Å². The summed E-state index contributed by atoms with van der Waals surface area (Å²) < 4.78 is 5.42. The Labute approximate surface area is 177 Å². The Morgan fingerprint density at radius 1 is 0.967 bits per heavy atom. The molecule has 1 aromatic rings. The van der Waals surface area contributed by atoms with Crippen molar-refractivity contribution in [3.63, 3.8) is 0 Å². The molecule has 8 rings (SSSR count). The number of fused-ring (bicyclic) bond motifs is 2. The van der Waals surface area contributed by atoms with Crippen LogP contribution in [-0.4, -0.2) is 13.9 Å². The fourth-order valence-corrected chi connectivity index (χ4v) is 9.20. The Kier molecular flexibility index (Phi) is 2.97. The first-order chi connectivity index (χ1) is 14.2. The lowest BCUT2D eigenvalue weighted by molar-refractivity contribution is 0.0188. The van der Waals surface area contributed by atoms with E-state index in [0.717, 1.165) is 12.8 Å². The molecule has 5 aliphatic carbocycles. The van der Waals surface area contributed by atoms with Crippen molar-refractivity contribution in [3.05, 3.63) is 44.3 Å². The first-order valence-electron chi connectivity index (χ1n) is 12.1. The zero-order valence-electron chi connectivity index (χ0n) is 18.6. The van der Waals surface area contributed by atoms with Crippen LogP contribution < -0.4 is 11.4 Å². The van der Waals surface area contributed by atoms with E-state index in [1.165, 1.54) is 32.1 Å². The van der Waals surface area contributed by atoms with Crippen molar-refractivity contribution in [2.45, 2.75) is 90.8 Å². The number of hydrogen-bond donors (Lipinski definition) is 0. The summed E-state index contributed by atoms with van der Waals surface area (Å²) in [6.45, 7) is 9.40. The third kappa shape index (κ3) is 1.57. The zero-order chi connectivity index (χ0) is 20.8. The lowest BCUT2D eigenvalue weighted by Crippen LogP contribution is -2.60. The van der Waals surface area contributed by atoms with E-state index < -0.39 is 0 Å². The molecule has 7 atom stereocenters. The highest BCUT2D eigenvalue weighted by molar-refractivity contribution is 5.47. The van der Waals surface area contributed by atoms with Gasteiger partial charge in [-0.25, -0.2) is 23.5 Å². The Morgan fingerprint density at radius 3 is 2.40 bits per heavy atom. The Balaban J connectivity index is 1.42. The number of nitrogens with zero attached hydrogens (tertiary/aromatic N) is 3. The average Bonchev–Trinajstić information content (AvgIpc) is 3.19. The van der Waals surface area contributed by atoms with E-state index in [0.29, 0.717) is 11.8 Å². The van der Waals surface area contributed by atoms with Crippen LogP contribution in [0.3, 0.4) is 0 Å². The summed E-state index contributed by atoms with van der Waals surface area (Å²) in [4.78, 5) is 27.7. The first kappa shape index (κ1) is 17.9. The molecule has 3 heterocycles. The molecular weight excluding hydrogens is 374 g/mol. The van der Waals surface area contributed by atoms with Gasteiger partial charge in [0.05, 0.1) is 12.1 Å².